The second-order valence-corrected chi connectivity index (χ2v) is 3.83. The normalized spacial score (nSPS) is 25.4. The molecule has 5 nitrogen and oxygen atoms in total. The predicted octanol–water partition coefficient (Wildman–Crippen LogP) is 0.896. The van der Waals surface area contributed by atoms with Gasteiger partial charge in [0, 0.05) is 19.1 Å². The summed E-state index contributed by atoms with van der Waals surface area (Å²) in [6.07, 6.45) is 4.64. The lowest BCUT2D eigenvalue weighted by Gasteiger charge is -2.14. The lowest BCUT2D eigenvalue weighted by atomic mass is 10.0. The van der Waals surface area contributed by atoms with E-state index < -0.39 is 0 Å². The van der Waals surface area contributed by atoms with E-state index in [0.29, 0.717) is 17.8 Å². The summed E-state index contributed by atoms with van der Waals surface area (Å²) in [5, 5.41) is 3.22. The van der Waals surface area contributed by atoms with Crippen LogP contribution in [-0.2, 0) is 4.74 Å². The molecule has 2 unspecified atom stereocenters. The quantitative estimate of drug-likeness (QED) is 0.772. The minimum atomic E-state index is 0.325. The number of hydrogen-bond donors (Lipinski definition) is 2. The molecule has 2 atom stereocenters. The zero-order chi connectivity index (χ0) is 10.7. The van der Waals surface area contributed by atoms with Gasteiger partial charge in [0.1, 0.15) is 11.6 Å². The molecule has 0 bridgehead atoms. The molecule has 2 rings (SSSR count). The van der Waals surface area contributed by atoms with Crippen molar-refractivity contribution in [3.63, 3.8) is 0 Å². The van der Waals surface area contributed by atoms with Gasteiger partial charge in [0.25, 0.3) is 0 Å². The van der Waals surface area contributed by atoms with Gasteiger partial charge in [-0.05, 0) is 13.3 Å². The van der Waals surface area contributed by atoms with Crippen molar-refractivity contribution in [2.45, 2.75) is 19.4 Å². The van der Waals surface area contributed by atoms with Crippen molar-refractivity contribution in [2.24, 2.45) is 5.92 Å². The van der Waals surface area contributed by atoms with Crippen LogP contribution in [0.1, 0.15) is 13.3 Å². The van der Waals surface area contributed by atoms with Gasteiger partial charge in [0.05, 0.1) is 18.5 Å². The number of rotatable bonds is 3. The van der Waals surface area contributed by atoms with Crippen molar-refractivity contribution in [2.75, 3.05) is 24.2 Å². The van der Waals surface area contributed by atoms with Crippen molar-refractivity contribution in [3.8, 4) is 0 Å². The first kappa shape index (κ1) is 10.2. The molecular formula is C10H16N4O. The van der Waals surface area contributed by atoms with E-state index >= 15 is 0 Å². The van der Waals surface area contributed by atoms with E-state index in [4.69, 9.17) is 10.5 Å². The molecule has 5 heteroatoms. The molecule has 3 N–H and O–H groups in total. The summed E-state index contributed by atoms with van der Waals surface area (Å²) in [6.45, 7) is 3.82. The SMILES string of the molecule is CC1OCCC1CNc1cncc(N)n1. The van der Waals surface area contributed by atoms with Gasteiger partial charge in [-0.3, -0.25) is 4.98 Å². The summed E-state index contributed by atoms with van der Waals surface area (Å²) in [5.74, 6) is 1.72. The number of nitrogens with two attached hydrogens (primary N) is 1. The van der Waals surface area contributed by atoms with Crippen LogP contribution in [0.5, 0.6) is 0 Å². The standard InChI is InChI=1S/C10H16N4O/c1-7-8(2-3-15-7)4-13-10-6-12-5-9(11)14-10/h5-8H,2-4H2,1H3,(H3,11,13,14). The number of nitrogen functional groups attached to an aromatic ring is 1. The van der Waals surface area contributed by atoms with Crippen LogP contribution >= 0.6 is 0 Å². The van der Waals surface area contributed by atoms with Crippen LogP contribution in [0.2, 0.25) is 0 Å². The van der Waals surface area contributed by atoms with Crippen molar-refractivity contribution in [3.05, 3.63) is 12.4 Å². The maximum absolute atomic E-state index is 5.53. The fourth-order valence-corrected chi connectivity index (χ4v) is 1.75. The lowest BCUT2D eigenvalue weighted by Crippen LogP contribution is -2.21. The Hall–Kier alpha value is -1.36. The van der Waals surface area contributed by atoms with E-state index in [2.05, 4.69) is 22.2 Å². The van der Waals surface area contributed by atoms with Gasteiger partial charge in [-0.15, -0.1) is 0 Å². The number of nitrogens with one attached hydrogen (secondary N) is 1. The summed E-state index contributed by atoms with van der Waals surface area (Å²) >= 11 is 0. The number of nitrogens with zero attached hydrogens (tertiary/aromatic N) is 2. The van der Waals surface area contributed by atoms with Crippen molar-refractivity contribution < 1.29 is 4.74 Å². The molecule has 82 valence electrons. The van der Waals surface area contributed by atoms with Gasteiger partial charge < -0.3 is 15.8 Å². The molecule has 0 spiro atoms. The molecule has 2 heterocycles. The summed E-state index contributed by atoms with van der Waals surface area (Å²) < 4.78 is 5.48. The fraction of sp³-hybridized carbons (Fsp3) is 0.600. The maximum atomic E-state index is 5.53. The largest absolute Gasteiger partial charge is 0.382 e. The van der Waals surface area contributed by atoms with E-state index in [1.807, 2.05) is 0 Å². The molecule has 0 aromatic carbocycles. The Morgan fingerprint density at radius 3 is 3.13 bits per heavy atom. The van der Waals surface area contributed by atoms with E-state index in [9.17, 15) is 0 Å². The molecule has 0 aliphatic carbocycles. The molecule has 1 saturated heterocycles. The van der Waals surface area contributed by atoms with E-state index in [-0.39, 0.29) is 0 Å². The topological polar surface area (TPSA) is 73.1 Å². The Kier molecular flexibility index (Phi) is 3.01. The molecular weight excluding hydrogens is 192 g/mol. The first-order valence-corrected chi connectivity index (χ1v) is 5.18. The smallest absolute Gasteiger partial charge is 0.146 e. The Morgan fingerprint density at radius 2 is 2.47 bits per heavy atom. The number of anilines is 2. The molecule has 1 aliphatic rings. The third-order valence-electron chi connectivity index (χ3n) is 2.73. The summed E-state index contributed by atoms with van der Waals surface area (Å²) in [5.41, 5.74) is 5.53. The van der Waals surface area contributed by atoms with Gasteiger partial charge in [-0.25, -0.2) is 4.98 Å². The van der Waals surface area contributed by atoms with E-state index in [1.54, 1.807) is 6.20 Å². The summed E-state index contributed by atoms with van der Waals surface area (Å²) in [6, 6.07) is 0. The van der Waals surface area contributed by atoms with Crippen LogP contribution in [0.25, 0.3) is 0 Å². The third-order valence-corrected chi connectivity index (χ3v) is 2.73. The molecule has 15 heavy (non-hydrogen) atoms. The Balaban J connectivity index is 1.87. The number of ether oxygens (including phenoxy) is 1. The highest BCUT2D eigenvalue weighted by Gasteiger charge is 2.23. The highest BCUT2D eigenvalue weighted by molar-refractivity contribution is 5.38. The van der Waals surface area contributed by atoms with Gasteiger partial charge in [-0.1, -0.05) is 0 Å². The molecule has 1 fully saturated rings. The maximum Gasteiger partial charge on any atom is 0.146 e. The first-order chi connectivity index (χ1) is 7.25. The zero-order valence-corrected chi connectivity index (χ0v) is 8.81. The monoisotopic (exact) mass is 208 g/mol. The number of aromatic nitrogens is 2. The zero-order valence-electron chi connectivity index (χ0n) is 8.81. The Labute approximate surface area is 89.1 Å². The second-order valence-electron chi connectivity index (χ2n) is 3.83. The molecule has 0 saturated carbocycles. The van der Waals surface area contributed by atoms with Crippen LogP contribution in [-0.4, -0.2) is 29.2 Å². The summed E-state index contributed by atoms with van der Waals surface area (Å²) in [7, 11) is 0. The Bertz CT molecular complexity index is 331. The lowest BCUT2D eigenvalue weighted by molar-refractivity contribution is 0.108. The third kappa shape index (κ3) is 2.56. The minimum Gasteiger partial charge on any atom is -0.382 e. The van der Waals surface area contributed by atoms with Gasteiger partial charge in [0.2, 0.25) is 0 Å². The van der Waals surface area contributed by atoms with Crippen molar-refractivity contribution in [1.82, 2.24) is 9.97 Å². The van der Waals surface area contributed by atoms with Crippen LogP contribution < -0.4 is 11.1 Å². The van der Waals surface area contributed by atoms with Crippen LogP contribution in [0, 0.1) is 5.92 Å². The van der Waals surface area contributed by atoms with Gasteiger partial charge >= 0.3 is 0 Å². The average Bonchev–Trinajstić information content (AvgIpc) is 2.61. The van der Waals surface area contributed by atoms with Crippen LogP contribution in [0.4, 0.5) is 11.6 Å². The highest BCUT2D eigenvalue weighted by atomic mass is 16.5. The Morgan fingerprint density at radius 1 is 1.60 bits per heavy atom. The molecule has 0 amide bonds. The number of hydrogen-bond acceptors (Lipinski definition) is 5. The van der Waals surface area contributed by atoms with Crippen molar-refractivity contribution >= 4 is 11.6 Å². The van der Waals surface area contributed by atoms with E-state index in [1.165, 1.54) is 6.20 Å². The first-order valence-electron chi connectivity index (χ1n) is 5.18. The molecule has 1 aromatic heterocycles. The minimum absolute atomic E-state index is 0.325. The highest BCUT2D eigenvalue weighted by Crippen LogP contribution is 2.20. The van der Waals surface area contributed by atoms with Gasteiger partial charge in [-0.2, -0.15) is 0 Å². The fourth-order valence-electron chi connectivity index (χ4n) is 1.75. The van der Waals surface area contributed by atoms with Crippen LogP contribution in [0.3, 0.4) is 0 Å². The predicted molar refractivity (Wildman–Crippen MR) is 58.5 cm³/mol. The average molecular weight is 208 g/mol. The van der Waals surface area contributed by atoms with Crippen molar-refractivity contribution in [1.29, 1.82) is 0 Å². The molecule has 0 radical (unpaired) electrons. The van der Waals surface area contributed by atoms with Crippen LogP contribution in [0.15, 0.2) is 12.4 Å². The van der Waals surface area contributed by atoms with E-state index in [0.717, 1.165) is 25.4 Å². The summed E-state index contributed by atoms with van der Waals surface area (Å²) in [4.78, 5) is 8.09. The molecule has 1 aromatic rings. The van der Waals surface area contributed by atoms with Gasteiger partial charge in [0.15, 0.2) is 0 Å². The molecule has 1 aliphatic heterocycles. The second kappa shape index (κ2) is 4.44.